The molecule has 3 aromatic carbocycles. The zero-order valence-electron chi connectivity index (χ0n) is 20.0. The number of nitrogens with one attached hydrogen (secondary N) is 2. The minimum Gasteiger partial charge on any atom is -0.497 e. The Balaban J connectivity index is 1.83. The largest absolute Gasteiger partial charge is 0.497 e. The highest BCUT2D eigenvalue weighted by atomic mass is 35.5. The first kappa shape index (κ1) is 25.6. The highest BCUT2D eigenvalue weighted by molar-refractivity contribution is 7.92. The Morgan fingerprint density at radius 2 is 1.56 bits per heavy atom. The molecule has 0 atom stereocenters. The number of rotatable bonds is 8. The molecule has 0 aromatic heterocycles. The topological polar surface area (TPSA) is 84.5 Å². The third-order valence-corrected chi connectivity index (χ3v) is 7.77. The molecular formula is C26H29ClN2O4S. The average molecular weight is 501 g/mol. The van der Waals surface area contributed by atoms with Gasteiger partial charge < -0.3 is 10.1 Å². The van der Waals surface area contributed by atoms with E-state index in [-0.39, 0.29) is 16.1 Å². The number of carbonyl (C=O) groups excluding carboxylic acids is 1. The van der Waals surface area contributed by atoms with Crippen LogP contribution in [0.1, 0.15) is 38.2 Å². The van der Waals surface area contributed by atoms with E-state index in [1.807, 2.05) is 44.2 Å². The first-order valence-corrected chi connectivity index (χ1v) is 12.7. The molecule has 0 aliphatic carbocycles. The minimum absolute atomic E-state index is 0.132. The van der Waals surface area contributed by atoms with Gasteiger partial charge in [-0.2, -0.15) is 0 Å². The number of halogens is 1. The van der Waals surface area contributed by atoms with Crippen molar-refractivity contribution in [3.8, 4) is 5.75 Å². The maximum atomic E-state index is 13.4. The Labute approximate surface area is 206 Å². The van der Waals surface area contributed by atoms with Crippen molar-refractivity contribution in [2.75, 3.05) is 18.4 Å². The summed E-state index contributed by atoms with van der Waals surface area (Å²) in [7, 11) is -2.36. The van der Waals surface area contributed by atoms with Gasteiger partial charge in [0.2, 0.25) is 0 Å². The monoisotopic (exact) mass is 500 g/mol. The van der Waals surface area contributed by atoms with Crippen LogP contribution < -0.4 is 14.8 Å². The molecule has 6 nitrogen and oxygen atoms in total. The van der Waals surface area contributed by atoms with Crippen molar-refractivity contribution in [1.29, 1.82) is 0 Å². The zero-order chi connectivity index (χ0) is 25.0. The van der Waals surface area contributed by atoms with Crippen molar-refractivity contribution in [3.05, 3.63) is 86.9 Å². The average Bonchev–Trinajstić information content (AvgIpc) is 2.78. The number of amides is 1. The Hall–Kier alpha value is -3.03. The van der Waals surface area contributed by atoms with Gasteiger partial charge in [-0.3, -0.25) is 9.52 Å². The van der Waals surface area contributed by atoms with Gasteiger partial charge in [-0.15, -0.1) is 0 Å². The van der Waals surface area contributed by atoms with Gasteiger partial charge in [0, 0.05) is 11.6 Å². The van der Waals surface area contributed by atoms with Gasteiger partial charge in [-0.25, -0.2) is 8.42 Å². The molecule has 0 bridgehead atoms. The van der Waals surface area contributed by atoms with E-state index < -0.39 is 15.9 Å². The molecule has 34 heavy (non-hydrogen) atoms. The minimum atomic E-state index is -3.96. The van der Waals surface area contributed by atoms with E-state index in [1.165, 1.54) is 12.1 Å². The van der Waals surface area contributed by atoms with Gasteiger partial charge in [-0.1, -0.05) is 29.8 Å². The van der Waals surface area contributed by atoms with Crippen LogP contribution in [0.3, 0.4) is 0 Å². The molecule has 0 aliphatic rings. The molecule has 8 heteroatoms. The Bertz CT molecular complexity index is 1290. The van der Waals surface area contributed by atoms with E-state index >= 15 is 0 Å². The molecule has 0 spiro atoms. The van der Waals surface area contributed by atoms with Crippen LogP contribution in [-0.4, -0.2) is 28.0 Å². The van der Waals surface area contributed by atoms with Crippen molar-refractivity contribution >= 4 is 33.2 Å². The van der Waals surface area contributed by atoms with Crippen molar-refractivity contribution in [2.24, 2.45) is 0 Å². The molecule has 0 fully saturated rings. The van der Waals surface area contributed by atoms with Crippen LogP contribution in [-0.2, 0) is 16.4 Å². The quantitative estimate of drug-likeness (QED) is 0.436. The number of sulfonamides is 1. The number of aryl methyl sites for hydroxylation is 2. The predicted molar refractivity (Wildman–Crippen MR) is 137 cm³/mol. The summed E-state index contributed by atoms with van der Waals surface area (Å²) < 4.78 is 34.5. The van der Waals surface area contributed by atoms with Crippen LogP contribution in [0.15, 0.2) is 53.4 Å². The highest BCUT2D eigenvalue weighted by Gasteiger charge is 2.24. The maximum absolute atomic E-state index is 13.4. The summed E-state index contributed by atoms with van der Waals surface area (Å²) in [5, 5.41) is 3.18. The third kappa shape index (κ3) is 5.72. The van der Waals surface area contributed by atoms with Crippen molar-refractivity contribution in [1.82, 2.24) is 5.32 Å². The SMILES string of the molecule is COc1ccc(CCNC(=O)c2ccc(Cl)cc2NS(=O)(=O)c2c(C)c(C)cc(C)c2C)cc1. The number of hydrogen-bond acceptors (Lipinski definition) is 4. The van der Waals surface area contributed by atoms with Crippen LogP contribution in [0.25, 0.3) is 0 Å². The second kappa shape index (κ2) is 10.5. The second-order valence-electron chi connectivity index (χ2n) is 8.24. The summed E-state index contributed by atoms with van der Waals surface area (Å²) >= 11 is 6.14. The molecule has 0 saturated heterocycles. The molecular weight excluding hydrogens is 472 g/mol. The Morgan fingerprint density at radius 1 is 0.941 bits per heavy atom. The van der Waals surface area contributed by atoms with Crippen molar-refractivity contribution in [2.45, 2.75) is 39.0 Å². The predicted octanol–water partition coefficient (Wildman–Crippen LogP) is 5.36. The molecule has 0 heterocycles. The number of methoxy groups -OCH3 is 1. The van der Waals surface area contributed by atoms with E-state index in [2.05, 4.69) is 10.0 Å². The second-order valence-corrected chi connectivity index (χ2v) is 10.3. The number of anilines is 1. The van der Waals surface area contributed by atoms with E-state index in [1.54, 1.807) is 27.0 Å². The lowest BCUT2D eigenvalue weighted by Gasteiger charge is -2.18. The summed E-state index contributed by atoms with van der Waals surface area (Å²) in [6, 6.07) is 14.1. The summed E-state index contributed by atoms with van der Waals surface area (Å²) in [5.41, 5.74) is 4.47. The molecule has 180 valence electrons. The molecule has 2 N–H and O–H groups in total. The lowest BCUT2D eigenvalue weighted by molar-refractivity contribution is 0.0955. The van der Waals surface area contributed by atoms with E-state index in [4.69, 9.17) is 16.3 Å². The standard InChI is InChI=1S/C26H29ClN2O4S/c1-16-14-17(2)19(4)25(18(16)3)34(31,32)29-24-15-21(27)8-11-23(24)26(30)28-13-12-20-6-9-22(33-5)10-7-20/h6-11,14-15,29H,12-13H2,1-5H3,(H,28,30). The molecule has 1 amide bonds. The molecule has 0 saturated carbocycles. The summed E-state index contributed by atoms with van der Waals surface area (Å²) in [6.45, 7) is 7.70. The summed E-state index contributed by atoms with van der Waals surface area (Å²) in [5.74, 6) is 0.372. The first-order chi connectivity index (χ1) is 16.0. The lowest BCUT2D eigenvalue weighted by atomic mass is 10.0. The Morgan fingerprint density at radius 3 is 2.15 bits per heavy atom. The van der Waals surface area contributed by atoms with Gasteiger partial charge in [0.15, 0.2) is 0 Å². The van der Waals surface area contributed by atoms with Gasteiger partial charge >= 0.3 is 0 Å². The molecule has 0 radical (unpaired) electrons. The van der Waals surface area contributed by atoms with Gasteiger partial charge in [0.25, 0.3) is 15.9 Å². The molecule has 0 aliphatic heterocycles. The fourth-order valence-corrected chi connectivity index (χ4v) is 5.65. The number of carbonyl (C=O) groups is 1. The molecule has 3 rings (SSSR count). The van der Waals surface area contributed by atoms with E-state index in [9.17, 15) is 13.2 Å². The number of hydrogen-bond donors (Lipinski definition) is 2. The van der Waals surface area contributed by atoms with Crippen LogP contribution in [0.4, 0.5) is 5.69 Å². The van der Waals surface area contributed by atoms with Crippen LogP contribution in [0, 0.1) is 27.7 Å². The first-order valence-electron chi connectivity index (χ1n) is 10.8. The number of ether oxygens (including phenoxy) is 1. The molecule has 0 unspecified atom stereocenters. The summed E-state index contributed by atoms with van der Waals surface area (Å²) in [4.78, 5) is 13.1. The normalized spacial score (nSPS) is 11.2. The third-order valence-electron chi connectivity index (χ3n) is 5.89. The van der Waals surface area contributed by atoms with Crippen molar-refractivity contribution in [3.63, 3.8) is 0 Å². The smallest absolute Gasteiger partial charge is 0.262 e. The zero-order valence-corrected chi connectivity index (χ0v) is 21.5. The van der Waals surface area contributed by atoms with E-state index in [0.717, 1.165) is 22.4 Å². The van der Waals surface area contributed by atoms with Gasteiger partial charge in [-0.05, 0) is 92.3 Å². The fraction of sp³-hybridized carbons (Fsp3) is 0.269. The number of benzene rings is 3. The highest BCUT2D eigenvalue weighted by Crippen LogP contribution is 2.30. The van der Waals surface area contributed by atoms with Gasteiger partial charge in [0.1, 0.15) is 5.75 Å². The van der Waals surface area contributed by atoms with Crippen LogP contribution >= 0.6 is 11.6 Å². The van der Waals surface area contributed by atoms with Crippen LogP contribution in [0.2, 0.25) is 5.02 Å². The van der Waals surface area contributed by atoms with Crippen molar-refractivity contribution < 1.29 is 17.9 Å². The van der Waals surface area contributed by atoms with Crippen LogP contribution in [0.5, 0.6) is 5.75 Å². The summed E-state index contributed by atoms with van der Waals surface area (Å²) in [6.07, 6.45) is 0.616. The Kier molecular flexibility index (Phi) is 7.89. The fourth-order valence-electron chi connectivity index (χ4n) is 3.79. The van der Waals surface area contributed by atoms with E-state index in [0.29, 0.717) is 29.1 Å². The van der Waals surface area contributed by atoms with Gasteiger partial charge in [0.05, 0.1) is 23.3 Å². The maximum Gasteiger partial charge on any atom is 0.262 e. The molecule has 3 aromatic rings. The lowest BCUT2D eigenvalue weighted by Crippen LogP contribution is -2.27.